The van der Waals surface area contributed by atoms with Crippen molar-refractivity contribution in [1.82, 2.24) is 16.0 Å². The lowest BCUT2D eigenvalue weighted by molar-refractivity contribution is -0.128. The number of halogens is 1. The number of guanidine groups is 1. The Morgan fingerprint density at radius 3 is 2.42 bits per heavy atom. The molecule has 24 heavy (non-hydrogen) atoms. The molecule has 1 fully saturated rings. The molecule has 0 aromatic heterocycles. The number of ether oxygens (including phenoxy) is 1. The average molecular weight is 454 g/mol. The molecule has 0 bridgehead atoms. The molecule has 0 saturated heterocycles. The van der Waals surface area contributed by atoms with Crippen LogP contribution >= 0.6 is 24.0 Å². The summed E-state index contributed by atoms with van der Waals surface area (Å²) < 4.78 is 5.24. The Kier molecular flexibility index (Phi) is 10.9. The number of hydrogen-bond donors (Lipinski definition) is 3. The summed E-state index contributed by atoms with van der Waals surface area (Å²) in [5.74, 6) is 0.792. The maximum atomic E-state index is 11.9. The summed E-state index contributed by atoms with van der Waals surface area (Å²) in [5, 5.41) is 9.41. The third-order valence-corrected chi connectivity index (χ3v) is 4.70. The lowest BCUT2D eigenvalue weighted by atomic mass is 9.67. The van der Waals surface area contributed by atoms with Crippen molar-refractivity contribution in [2.45, 2.75) is 46.5 Å². The van der Waals surface area contributed by atoms with Gasteiger partial charge in [0.05, 0.1) is 12.0 Å². The van der Waals surface area contributed by atoms with Crippen LogP contribution in [-0.4, -0.2) is 52.3 Å². The topological polar surface area (TPSA) is 74.8 Å². The molecule has 0 spiro atoms. The van der Waals surface area contributed by atoms with Crippen LogP contribution in [0.2, 0.25) is 0 Å². The fraction of sp³-hybridized carbons (Fsp3) is 0.882. The molecule has 0 aromatic rings. The summed E-state index contributed by atoms with van der Waals surface area (Å²) in [6, 6.07) is 0. The van der Waals surface area contributed by atoms with Crippen molar-refractivity contribution in [3.05, 3.63) is 0 Å². The number of nitrogens with one attached hydrogen (secondary N) is 3. The van der Waals surface area contributed by atoms with Crippen LogP contribution in [0.15, 0.2) is 4.99 Å². The quantitative estimate of drug-likeness (QED) is 0.284. The maximum absolute atomic E-state index is 11.9. The monoisotopic (exact) mass is 454 g/mol. The zero-order valence-corrected chi connectivity index (χ0v) is 18.2. The van der Waals surface area contributed by atoms with Crippen molar-refractivity contribution < 1.29 is 9.53 Å². The molecular formula is C17H35IN4O2. The lowest BCUT2D eigenvalue weighted by Crippen LogP contribution is -2.47. The van der Waals surface area contributed by atoms with E-state index < -0.39 is 5.41 Å². The molecule has 3 N–H and O–H groups in total. The van der Waals surface area contributed by atoms with Crippen LogP contribution in [0, 0.1) is 10.8 Å². The van der Waals surface area contributed by atoms with Crippen LogP contribution in [0.4, 0.5) is 0 Å². The number of aliphatic imine (C=N–C) groups is 1. The molecule has 0 heterocycles. The van der Waals surface area contributed by atoms with Crippen LogP contribution in [0.25, 0.3) is 0 Å². The summed E-state index contributed by atoms with van der Waals surface area (Å²) in [7, 11) is 3.42. The van der Waals surface area contributed by atoms with Gasteiger partial charge in [-0.15, -0.1) is 24.0 Å². The Morgan fingerprint density at radius 1 is 1.29 bits per heavy atom. The SMILES string of the molecule is CCNC(=NCC(C)(C)C(=O)NC)NCC1(CCOC)CCC1.I. The van der Waals surface area contributed by atoms with E-state index >= 15 is 0 Å². The van der Waals surface area contributed by atoms with E-state index in [2.05, 4.69) is 20.9 Å². The number of amides is 1. The average Bonchev–Trinajstić information content (AvgIpc) is 2.50. The molecular weight excluding hydrogens is 419 g/mol. The normalized spacial score (nSPS) is 16.6. The molecule has 1 aliphatic rings. The van der Waals surface area contributed by atoms with Gasteiger partial charge < -0.3 is 20.7 Å². The third-order valence-electron chi connectivity index (χ3n) is 4.70. The fourth-order valence-corrected chi connectivity index (χ4v) is 2.81. The van der Waals surface area contributed by atoms with Gasteiger partial charge in [-0.25, -0.2) is 0 Å². The summed E-state index contributed by atoms with van der Waals surface area (Å²) in [6.07, 6.45) is 4.86. The highest BCUT2D eigenvalue weighted by Gasteiger charge is 2.36. The highest BCUT2D eigenvalue weighted by atomic mass is 127. The van der Waals surface area contributed by atoms with Crippen molar-refractivity contribution in [2.24, 2.45) is 15.8 Å². The first-order valence-corrected chi connectivity index (χ1v) is 8.62. The van der Waals surface area contributed by atoms with Gasteiger partial charge in [0.15, 0.2) is 5.96 Å². The van der Waals surface area contributed by atoms with Gasteiger partial charge in [0.25, 0.3) is 0 Å². The molecule has 7 heteroatoms. The van der Waals surface area contributed by atoms with Gasteiger partial charge in [-0.05, 0) is 45.4 Å². The number of hydrogen-bond acceptors (Lipinski definition) is 3. The standard InChI is InChI=1S/C17H34N4O2.HI/c1-6-19-15(20-12-16(2,3)14(22)18-4)21-13-17(8-7-9-17)10-11-23-5;/h6-13H2,1-5H3,(H,18,22)(H2,19,20,21);1H. The Morgan fingerprint density at radius 2 is 1.96 bits per heavy atom. The van der Waals surface area contributed by atoms with Gasteiger partial charge in [-0.3, -0.25) is 9.79 Å². The first kappa shape index (κ1) is 23.4. The van der Waals surface area contributed by atoms with Crippen LogP contribution in [0.3, 0.4) is 0 Å². The second-order valence-electron chi connectivity index (χ2n) is 7.11. The van der Waals surface area contributed by atoms with Gasteiger partial charge >= 0.3 is 0 Å². The van der Waals surface area contributed by atoms with E-state index in [4.69, 9.17) is 4.74 Å². The molecule has 142 valence electrons. The summed E-state index contributed by atoms with van der Waals surface area (Å²) in [5.41, 5.74) is -0.177. The summed E-state index contributed by atoms with van der Waals surface area (Å²) in [6.45, 7) is 8.83. The van der Waals surface area contributed by atoms with Crippen molar-refractivity contribution >= 4 is 35.8 Å². The predicted octanol–water partition coefficient (Wildman–Crippen LogP) is 2.14. The van der Waals surface area contributed by atoms with E-state index in [1.807, 2.05) is 20.8 Å². The number of rotatable bonds is 9. The Labute approximate surface area is 164 Å². The number of nitrogens with zero attached hydrogens (tertiary/aromatic N) is 1. The molecule has 0 atom stereocenters. The predicted molar refractivity (Wildman–Crippen MR) is 110 cm³/mol. The maximum Gasteiger partial charge on any atom is 0.227 e. The third kappa shape index (κ3) is 7.13. The molecule has 1 aliphatic carbocycles. The largest absolute Gasteiger partial charge is 0.385 e. The van der Waals surface area contributed by atoms with Crippen LogP contribution in [0.1, 0.15) is 46.5 Å². The number of carbonyl (C=O) groups is 1. The second kappa shape index (κ2) is 11.1. The van der Waals surface area contributed by atoms with Gasteiger partial charge in [0.1, 0.15) is 0 Å². The number of carbonyl (C=O) groups excluding carboxylic acids is 1. The van der Waals surface area contributed by atoms with E-state index in [-0.39, 0.29) is 29.9 Å². The molecule has 6 nitrogen and oxygen atoms in total. The van der Waals surface area contributed by atoms with Crippen molar-refractivity contribution in [3.63, 3.8) is 0 Å². The van der Waals surface area contributed by atoms with E-state index in [1.165, 1.54) is 19.3 Å². The molecule has 1 rings (SSSR count). The summed E-state index contributed by atoms with van der Waals surface area (Å²) >= 11 is 0. The second-order valence-corrected chi connectivity index (χ2v) is 7.11. The molecule has 0 aliphatic heterocycles. The highest BCUT2D eigenvalue weighted by molar-refractivity contribution is 14.0. The number of methoxy groups -OCH3 is 1. The summed E-state index contributed by atoms with van der Waals surface area (Å²) in [4.78, 5) is 16.5. The lowest BCUT2D eigenvalue weighted by Gasteiger charge is -2.42. The molecule has 1 saturated carbocycles. The van der Waals surface area contributed by atoms with E-state index in [0.29, 0.717) is 12.0 Å². The van der Waals surface area contributed by atoms with Crippen LogP contribution < -0.4 is 16.0 Å². The van der Waals surface area contributed by atoms with Gasteiger partial charge in [0.2, 0.25) is 5.91 Å². The minimum absolute atomic E-state index is 0. The molecule has 0 radical (unpaired) electrons. The zero-order chi connectivity index (χ0) is 17.3. The minimum atomic E-state index is -0.513. The first-order chi connectivity index (χ1) is 10.9. The zero-order valence-electron chi connectivity index (χ0n) is 15.8. The van der Waals surface area contributed by atoms with E-state index in [0.717, 1.165) is 32.1 Å². The first-order valence-electron chi connectivity index (χ1n) is 8.62. The van der Waals surface area contributed by atoms with Crippen molar-refractivity contribution in [3.8, 4) is 0 Å². The van der Waals surface area contributed by atoms with Gasteiger partial charge in [-0.1, -0.05) is 6.42 Å². The molecule has 0 aromatic carbocycles. The van der Waals surface area contributed by atoms with Gasteiger partial charge in [-0.2, -0.15) is 0 Å². The Balaban J connectivity index is 0.00000529. The Bertz CT molecular complexity index is 409. The van der Waals surface area contributed by atoms with E-state index in [9.17, 15) is 4.79 Å². The van der Waals surface area contributed by atoms with Crippen molar-refractivity contribution in [1.29, 1.82) is 0 Å². The minimum Gasteiger partial charge on any atom is -0.385 e. The highest BCUT2D eigenvalue weighted by Crippen LogP contribution is 2.43. The molecule has 1 amide bonds. The van der Waals surface area contributed by atoms with Crippen LogP contribution in [0.5, 0.6) is 0 Å². The van der Waals surface area contributed by atoms with Gasteiger partial charge in [0, 0.05) is 33.9 Å². The van der Waals surface area contributed by atoms with Crippen LogP contribution in [-0.2, 0) is 9.53 Å². The fourth-order valence-electron chi connectivity index (χ4n) is 2.81. The Hall–Kier alpha value is -0.570. The smallest absolute Gasteiger partial charge is 0.227 e. The van der Waals surface area contributed by atoms with Crippen molar-refractivity contribution in [2.75, 3.05) is 40.4 Å². The van der Waals surface area contributed by atoms with E-state index in [1.54, 1.807) is 14.2 Å². The molecule has 0 unspecified atom stereocenters.